The number of aliphatic hydroxyl groups excluding tert-OH is 3. The van der Waals surface area contributed by atoms with Crippen molar-refractivity contribution in [3.63, 3.8) is 0 Å². The SMILES string of the molecule is CC/C=C\C/C=C\C/C=C\C/C=C\C/C=C\CCCCCC(=O)OC[C@H](COP(=O)(O)OC[C@@H](O)COP(=O)(O)O)OC(=O)CCC[C@H](O)/C=C/C=C\C/C=C\C=C\[C@H](O)CCCCC. The molecule has 0 aromatic carbocycles. The summed E-state index contributed by atoms with van der Waals surface area (Å²) >= 11 is 0. The minimum Gasteiger partial charge on any atom is -0.462 e. The molecule has 0 bridgehead atoms. The van der Waals surface area contributed by atoms with E-state index in [2.05, 4.69) is 83.7 Å². The molecule has 0 amide bonds. The van der Waals surface area contributed by atoms with Gasteiger partial charge >= 0.3 is 27.6 Å². The Morgan fingerprint density at radius 3 is 1.60 bits per heavy atom. The Kier molecular flexibility index (Phi) is 39.9. The summed E-state index contributed by atoms with van der Waals surface area (Å²) < 4.78 is 47.6. The third-order valence-corrected chi connectivity index (χ3v) is 10.3. The molecule has 0 aromatic rings. The topological polar surface area (TPSA) is 236 Å². The third kappa shape index (κ3) is 45.6. The van der Waals surface area contributed by atoms with E-state index in [1.165, 1.54) is 0 Å². The number of phosphoric ester groups is 2. The van der Waals surface area contributed by atoms with Crippen molar-refractivity contribution in [3.05, 3.63) is 109 Å². The van der Waals surface area contributed by atoms with Gasteiger partial charge in [-0.05, 0) is 77.0 Å². The number of unbranched alkanes of at least 4 members (excludes halogenated alkanes) is 5. The zero-order valence-corrected chi connectivity index (χ0v) is 40.3. The molecule has 1 unspecified atom stereocenters. The van der Waals surface area contributed by atoms with Crippen molar-refractivity contribution in [3.8, 4) is 0 Å². The number of carbonyl (C=O) groups is 2. The first-order valence-electron chi connectivity index (χ1n) is 22.8. The minimum absolute atomic E-state index is 0.0995. The molecule has 65 heavy (non-hydrogen) atoms. The molecule has 15 nitrogen and oxygen atoms in total. The second kappa shape index (κ2) is 42.1. The van der Waals surface area contributed by atoms with E-state index in [0.29, 0.717) is 12.8 Å². The third-order valence-electron chi connectivity index (χ3n) is 8.84. The van der Waals surface area contributed by atoms with Gasteiger partial charge in [0.2, 0.25) is 0 Å². The fourth-order valence-corrected chi connectivity index (χ4v) is 6.51. The minimum atomic E-state index is -4.90. The predicted octanol–water partition coefficient (Wildman–Crippen LogP) is 9.83. The maximum Gasteiger partial charge on any atom is 0.472 e. The van der Waals surface area contributed by atoms with E-state index >= 15 is 0 Å². The van der Waals surface area contributed by atoms with E-state index in [1.54, 1.807) is 24.3 Å². The molecule has 0 saturated carbocycles. The van der Waals surface area contributed by atoms with Crippen molar-refractivity contribution in [2.24, 2.45) is 0 Å². The van der Waals surface area contributed by atoms with Gasteiger partial charge in [-0.2, -0.15) is 0 Å². The van der Waals surface area contributed by atoms with E-state index in [1.807, 2.05) is 24.3 Å². The van der Waals surface area contributed by atoms with Crippen molar-refractivity contribution >= 4 is 27.6 Å². The van der Waals surface area contributed by atoms with Gasteiger partial charge in [0.05, 0.1) is 32.0 Å². The van der Waals surface area contributed by atoms with Gasteiger partial charge in [-0.25, -0.2) is 9.13 Å². The average molecular weight is 957 g/mol. The quantitative estimate of drug-likeness (QED) is 0.0110. The van der Waals surface area contributed by atoms with Crippen LogP contribution in [-0.2, 0) is 41.8 Å². The Labute approximate surface area is 387 Å². The molecule has 0 rings (SSSR count). The van der Waals surface area contributed by atoms with Crippen molar-refractivity contribution < 1.29 is 71.8 Å². The predicted molar refractivity (Wildman–Crippen MR) is 255 cm³/mol. The first-order valence-corrected chi connectivity index (χ1v) is 25.8. The van der Waals surface area contributed by atoms with Crippen molar-refractivity contribution in [1.82, 2.24) is 0 Å². The molecule has 0 heterocycles. The number of phosphoric acid groups is 2. The van der Waals surface area contributed by atoms with Crippen LogP contribution in [0.5, 0.6) is 0 Å². The van der Waals surface area contributed by atoms with Crippen LogP contribution >= 0.6 is 15.6 Å². The summed E-state index contributed by atoms with van der Waals surface area (Å²) in [5.41, 5.74) is 0. The lowest BCUT2D eigenvalue weighted by atomic mass is 10.1. The van der Waals surface area contributed by atoms with Crippen LogP contribution in [-0.4, -0.2) is 92.8 Å². The van der Waals surface area contributed by atoms with Gasteiger partial charge in [-0.15, -0.1) is 0 Å². The Morgan fingerprint density at radius 2 is 1.03 bits per heavy atom. The smallest absolute Gasteiger partial charge is 0.462 e. The number of ether oxygens (including phenoxy) is 2. The summed E-state index contributed by atoms with van der Waals surface area (Å²) in [6.45, 7) is 1.23. The molecular weight excluding hydrogens is 878 g/mol. The molecule has 0 aliphatic heterocycles. The zero-order chi connectivity index (χ0) is 48.3. The molecule has 5 atom stereocenters. The molecule has 0 aliphatic carbocycles. The second-order valence-corrected chi connectivity index (χ2v) is 17.7. The summed E-state index contributed by atoms with van der Waals surface area (Å²) in [6.07, 6.45) is 44.3. The monoisotopic (exact) mass is 956 g/mol. The Hall–Kier alpha value is -3.30. The van der Waals surface area contributed by atoms with Gasteiger partial charge in [0.1, 0.15) is 12.7 Å². The van der Waals surface area contributed by atoms with Gasteiger partial charge in [0.25, 0.3) is 0 Å². The van der Waals surface area contributed by atoms with Crippen LogP contribution in [0.1, 0.15) is 129 Å². The normalized spacial score (nSPS) is 15.9. The first-order chi connectivity index (χ1) is 31.2. The highest BCUT2D eigenvalue weighted by atomic mass is 31.2. The van der Waals surface area contributed by atoms with E-state index in [0.717, 1.165) is 77.0 Å². The number of hydrogen-bond donors (Lipinski definition) is 6. The van der Waals surface area contributed by atoms with Crippen molar-refractivity contribution in [1.29, 1.82) is 0 Å². The highest BCUT2D eigenvalue weighted by molar-refractivity contribution is 7.47. The van der Waals surface area contributed by atoms with Gasteiger partial charge in [0, 0.05) is 12.8 Å². The van der Waals surface area contributed by atoms with Gasteiger partial charge in [-0.3, -0.25) is 23.2 Å². The van der Waals surface area contributed by atoms with E-state index in [9.17, 15) is 38.9 Å². The zero-order valence-electron chi connectivity index (χ0n) is 38.5. The van der Waals surface area contributed by atoms with Gasteiger partial charge < -0.3 is 39.5 Å². The number of allylic oxidation sites excluding steroid dienone is 16. The van der Waals surface area contributed by atoms with Crippen LogP contribution < -0.4 is 0 Å². The lowest BCUT2D eigenvalue weighted by Crippen LogP contribution is -2.30. The van der Waals surface area contributed by atoms with Crippen molar-refractivity contribution in [2.45, 2.75) is 154 Å². The summed E-state index contributed by atoms with van der Waals surface area (Å²) in [6, 6.07) is 0. The number of carbonyl (C=O) groups excluding carboxylic acids is 2. The molecule has 17 heteroatoms. The summed E-state index contributed by atoms with van der Waals surface area (Å²) in [5.74, 6) is -1.31. The van der Waals surface area contributed by atoms with Crippen molar-refractivity contribution in [2.75, 3.05) is 26.4 Å². The molecule has 0 aliphatic rings. The Balaban J connectivity index is 4.80. The molecule has 6 N–H and O–H groups in total. The molecule has 0 spiro atoms. The van der Waals surface area contributed by atoms with Gasteiger partial charge in [-0.1, -0.05) is 149 Å². The molecule has 370 valence electrons. The fourth-order valence-electron chi connectivity index (χ4n) is 5.35. The standard InChI is InChI=1S/C48H78O15P2/c1-3-5-7-8-9-10-11-12-13-14-15-16-17-18-19-20-24-27-31-37-47(52)59-41-46(42-62-65(57,58)61-40-45(51)39-60-64(54,55)56)63-48(53)38-32-36-44(50)35-30-26-23-21-22-25-29-34-43(49)33-28-6-4-2/h5,7,9-10,12-13,15-16,18-19,22-23,25-26,29-30,34-35,43-46,49-51H,3-4,6,8,11,14,17,20-21,24,27-28,31-33,36-42H2,1-2H3,(H,57,58)(H2,54,55,56)/b7-5-,10-9-,13-12-,16-15-,19-18-,25-22-,26-23-,34-29+,35-30+/t43-,44-,45+,46-/m1/s1. The first kappa shape index (κ1) is 61.7. The lowest BCUT2D eigenvalue weighted by molar-refractivity contribution is -0.161. The summed E-state index contributed by atoms with van der Waals surface area (Å²) in [4.78, 5) is 52.8. The van der Waals surface area contributed by atoms with Crippen LogP contribution in [0.25, 0.3) is 0 Å². The maximum atomic E-state index is 12.7. The van der Waals surface area contributed by atoms with E-state index < -0.39 is 78.4 Å². The van der Waals surface area contributed by atoms with Crippen LogP contribution in [0.4, 0.5) is 0 Å². The highest BCUT2D eigenvalue weighted by Gasteiger charge is 2.28. The summed E-state index contributed by atoms with van der Waals surface area (Å²) in [5, 5.41) is 30.0. The number of hydrogen-bond acceptors (Lipinski definition) is 12. The Bertz CT molecular complexity index is 1590. The highest BCUT2D eigenvalue weighted by Crippen LogP contribution is 2.43. The summed E-state index contributed by atoms with van der Waals surface area (Å²) in [7, 11) is -9.79. The Morgan fingerprint density at radius 1 is 0.523 bits per heavy atom. The van der Waals surface area contributed by atoms with Gasteiger partial charge in [0.15, 0.2) is 6.10 Å². The average Bonchev–Trinajstić information content (AvgIpc) is 3.26. The molecule has 0 aromatic heterocycles. The number of rotatable bonds is 41. The lowest BCUT2D eigenvalue weighted by Gasteiger charge is -2.20. The van der Waals surface area contributed by atoms with E-state index in [4.69, 9.17) is 23.8 Å². The maximum absolute atomic E-state index is 12.7. The van der Waals surface area contributed by atoms with Crippen LogP contribution in [0.3, 0.4) is 0 Å². The number of esters is 2. The fraction of sp³-hybridized carbons (Fsp3) is 0.583. The molecule has 0 fully saturated rings. The molecule has 0 radical (unpaired) electrons. The largest absolute Gasteiger partial charge is 0.472 e. The van der Waals surface area contributed by atoms with E-state index in [-0.39, 0.29) is 25.7 Å². The van der Waals surface area contributed by atoms with Crippen LogP contribution in [0, 0.1) is 0 Å². The molecular formula is C48H78O15P2. The molecule has 0 saturated heterocycles. The second-order valence-electron chi connectivity index (χ2n) is 15.0. The van der Waals surface area contributed by atoms with Crippen LogP contribution in [0.15, 0.2) is 109 Å². The number of aliphatic hydroxyl groups is 3. The van der Waals surface area contributed by atoms with Crippen LogP contribution in [0.2, 0.25) is 0 Å².